The van der Waals surface area contributed by atoms with Crippen molar-refractivity contribution in [3.8, 4) is 0 Å². The third-order valence-electron chi connectivity index (χ3n) is 5.66. The molecule has 31 heavy (non-hydrogen) atoms. The van der Waals surface area contributed by atoms with E-state index in [1.165, 1.54) is 16.7 Å². The second-order valence-corrected chi connectivity index (χ2v) is 8.06. The maximum absolute atomic E-state index is 12.4. The van der Waals surface area contributed by atoms with Crippen LogP contribution in [0.2, 0.25) is 0 Å². The normalized spacial score (nSPS) is 11.3. The molecule has 0 bridgehead atoms. The predicted molar refractivity (Wildman–Crippen MR) is 128 cm³/mol. The van der Waals surface area contributed by atoms with Crippen LogP contribution in [0.15, 0.2) is 78.0 Å². The number of fused-ring (bicyclic) bond motifs is 1. The monoisotopic (exact) mass is 409 g/mol. The number of nitrogens with one attached hydrogen (secondary N) is 1. The van der Waals surface area contributed by atoms with E-state index in [-0.39, 0.29) is 5.91 Å². The standard InChI is InChI=1S/C27H27N3O/c1-19-12-13-22(21(3)14-19)15-27(31)29-28-16-24-18-30(26-11-7-6-10-25(24)26)17-23-9-5-4-8-20(23)2/h4-14,16,18H,15,17H2,1-3H3,(H,29,31)/b28-16+. The number of nitrogens with zero attached hydrogens (tertiary/aromatic N) is 2. The number of benzene rings is 3. The second-order valence-electron chi connectivity index (χ2n) is 8.06. The maximum Gasteiger partial charge on any atom is 0.244 e. The Hall–Kier alpha value is -3.66. The van der Waals surface area contributed by atoms with Crippen LogP contribution < -0.4 is 5.43 Å². The molecule has 1 amide bonds. The molecule has 0 aliphatic heterocycles. The summed E-state index contributed by atoms with van der Waals surface area (Å²) >= 11 is 0. The van der Waals surface area contributed by atoms with Gasteiger partial charge in [-0.2, -0.15) is 5.10 Å². The molecule has 0 atom stereocenters. The van der Waals surface area contributed by atoms with Crippen LogP contribution in [-0.2, 0) is 17.8 Å². The maximum atomic E-state index is 12.4. The van der Waals surface area contributed by atoms with Crippen molar-refractivity contribution in [1.29, 1.82) is 0 Å². The summed E-state index contributed by atoms with van der Waals surface area (Å²) in [6.45, 7) is 7.01. The molecule has 4 rings (SSSR count). The molecule has 3 aromatic carbocycles. The van der Waals surface area contributed by atoms with Crippen molar-refractivity contribution < 1.29 is 4.79 Å². The fourth-order valence-corrected chi connectivity index (χ4v) is 3.91. The number of hydrogen-bond acceptors (Lipinski definition) is 2. The molecule has 4 aromatic rings. The van der Waals surface area contributed by atoms with Gasteiger partial charge in [0.15, 0.2) is 0 Å². The zero-order valence-corrected chi connectivity index (χ0v) is 18.2. The van der Waals surface area contributed by atoms with Crippen LogP contribution in [0, 0.1) is 20.8 Å². The Morgan fingerprint density at radius 2 is 1.71 bits per heavy atom. The van der Waals surface area contributed by atoms with Gasteiger partial charge < -0.3 is 4.57 Å². The first-order valence-corrected chi connectivity index (χ1v) is 10.5. The first-order valence-electron chi connectivity index (χ1n) is 10.5. The van der Waals surface area contributed by atoms with E-state index in [9.17, 15) is 4.79 Å². The van der Waals surface area contributed by atoms with E-state index in [4.69, 9.17) is 0 Å². The lowest BCUT2D eigenvalue weighted by Gasteiger charge is -2.08. The van der Waals surface area contributed by atoms with Crippen molar-refractivity contribution in [2.24, 2.45) is 5.10 Å². The molecule has 4 heteroatoms. The Kier molecular flexibility index (Phi) is 5.99. The minimum Gasteiger partial charge on any atom is -0.342 e. The van der Waals surface area contributed by atoms with E-state index >= 15 is 0 Å². The molecule has 1 aromatic heterocycles. The zero-order valence-electron chi connectivity index (χ0n) is 18.2. The number of hydrazone groups is 1. The summed E-state index contributed by atoms with van der Waals surface area (Å²) in [6, 6.07) is 22.8. The summed E-state index contributed by atoms with van der Waals surface area (Å²) in [4.78, 5) is 12.4. The lowest BCUT2D eigenvalue weighted by atomic mass is 10.0. The summed E-state index contributed by atoms with van der Waals surface area (Å²) in [6.07, 6.45) is 4.14. The van der Waals surface area contributed by atoms with Crippen LogP contribution in [0.1, 0.15) is 33.4 Å². The summed E-state index contributed by atoms with van der Waals surface area (Å²) in [7, 11) is 0. The lowest BCUT2D eigenvalue weighted by molar-refractivity contribution is -0.120. The molecule has 0 saturated carbocycles. The summed E-state index contributed by atoms with van der Waals surface area (Å²) in [5.41, 5.74) is 10.7. The third kappa shape index (κ3) is 4.75. The van der Waals surface area contributed by atoms with Gasteiger partial charge in [0.1, 0.15) is 0 Å². The van der Waals surface area contributed by atoms with Crippen molar-refractivity contribution in [3.63, 3.8) is 0 Å². The Bertz CT molecular complexity index is 1270. The third-order valence-corrected chi connectivity index (χ3v) is 5.66. The number of carbonyl (C=O) groups excluding carboxylic acids is 1. The van der Waals surface area contributed by atoms with Crippen LogP contribution in [-0.4, -0.2) is 16.7 Å². The number of carbonyl (C=O) groups is 1. The summed E-state index contributed by atoms with van der Waals surface area (Å²) < 4.78 is 2.23. The van der Waals surface area contributed by atoms with Gasteiger partial charge in [0.2, 0.25) is 5.91 Å². The summed E-state index contributed by atoms with van der Waals surface area (Å²) in [5, 5.41) is 5.35. The SMILES string of the molecule is Cc1ccc(CC(=O)N/N=C/c2cn(Cc3ccccc3C)c3ccccc23)c(C)c1. The highest BCUT2D eigenvalue weighted by Crippen LogP contribution is 2.22. The Labute approximate surface area is 183 Å². The summed E-state index contributed by atoms with van der Waals surface area (Å²) in [5.74, 6) is -0.119. The molecule has 4 nitrogen and oxygen atoms in total. The highest BCUT2D eigenvalue weighted by Gasteiger charge is 2.09. The van der Waals surface area contributed by atoms with E-state index in [1.54, 1.807) is 6.21 Å². The molecule has 0 radical (unpaired) electrons. The average Bonchev–Trinajstić information content (AvgIpc) is 3.09. The van der Waals surface area contributed by atoms with E-state index in [2.05, 4.69) is 77.6 Å². The van der Waals surface area contributed by atoms with Crippen LogP contribution >= 0.6 is 0 Å². The van der Waals surface area contributed by atoms with Crippen LogP contribution in [0.5, 0.6) is 0 Å². The molecule has 1 heterocycles. The Balaban J connectivity index is 1.51. The van der Waals surface area contributed by atoms with E-state index in [0.29, 0.717) is 6.42 Å². The number of para-hydroxylation sites is 1. The zero-order chi connectivity index (χ0) is 21.8. The number of rotatable bonds is 6. The molecule has 0 spiro atoms. The predicted octanol–water partition coefficient (Wildman–Crippen LogP) is 5.31. The van der Waals surface area contributed by atoms with Gasteiger partial charge in [-0.15, -0.1) is 0 Å². The molecule has 0 aliphatic rings. The average molecular weight is 410 g/mol. The first kappa shape index (κ1) is 20.6. The minimum absolute atomic E-state index is 0.119. The van der Waals surface area contributed by atoms with Crippen LogP contribution in [0.4, 0.5) is 0 Å². The number of hydrogen-bond donors (Lipinski definition) is 1. The van der Waals surface area contributed by atoms with Crippen molar-refractivity contribution in [2.45, 2.75) is 33.7 Å². The van der Waals surface area contributed by atoms with Gasteiger partial charge in [-0.1, -0.05) is 66.2 Å². The van der Waals surface area contributed by atoms with Gasteiger partial charge in [0, 0.05) is 29.2 Å². The van der Waals surface area contributed by atoms with Crippen molar-refractivity contribution in [3.05, 3.63) is 106 Å². The molecule has 0 aliphatic carbocycles. The molecular formula is C27H27N3O. The van der Waals surface area contributed by atoms with Crippen molar-refractivity contribution in [1.82, 2.24) is 9.99 Å². The quantitative estimate of drug-likeness (QED) is 0.341. The molecular weight excluding hydrogens is 382 g/mol. The highest BCUT2D eigenvalue weighted by atomic mass is 16.2. The Morgan fingerprint density at radius 1 is 0.935 bits per heavy atom. The van der Waals surface area contributed by atoms with Crippen molar-refractivity contribution in [2.75, 3.05) is 0 Å². The van der Waals surface area contributed by atoms with Gasteiger partial charge in [-0.05, 0) is 49.1 Å². The smallest absolute Gasteiger partial charge is 0.244 e. The fourth-order valence-electron chi connectivity index (χ4n) is 3.91. The Morgan fingerprint density at radius 3 is 2.52 bits per heavy atom. The van der Waals surface area contributed by atoms with Crippen LogP contribution in [0.3, 0.4) is 0 Å². The largest absolute Gasteiger partial charge is 0.342 e. The van der Waals surface area contributed by atoms with Gasteiger partial charge >= 0.3 is 0 Å². The first-order chi connectivity index (χ1) is 15.0. The molecule has 0 unspecified atom stereocenters. The highest BCUT2D eigenvalue weighted by molar-refractivity contribution is 5.99. The van der Waals surface area contributed by atoms with Gasteiger partial charge in [-0.25, -0.2) is 5.43 Å². The second kappa shape index (κ2) is 9.00. The minimum atomic E-state index is -0.119. The number of aryl methyl sites for hydroxylation is 3. The van der Waals surface area contributed by atoms with Gasteiger partial charge in [0.25, 0.3) is 0 Å². The molecule has 1 N–H and O–H groups in total. The van der Waals surface area contributed by atoms with Crippen LogP contribution in [0.25, 0.3) is 10.9 Å². The van der Waals surface area contributed by atoms with E-state index < -0.39 is 0 Å². The number of amides is 1. The number of aromatic nitrogens is 1. The topological polar surface area (TPSA) is 46.4 Å². The van der Waals surface area contributed by atoms with E-state index in [0.717, 1.165) is 34.1 Å². The van der Waals surface area contributed by atoms with E-state index in [1.807, 2.05) is 31.2 Å². The molecule has 0 fully saturated rings. The lowest BCUT2D eigenvalue weighted by Crippen LogP contribution is -2.20. The van der Waals surface area contributed by atoms with Gasteiger partial charge in [0.05, 0.1) is 12.6 Å². The molecule has 156 valence electrons. The van der Waals surface area contributed by atoms with Gasteiger partial charge in [-0.3, -0.25) is 4.79 Å². The fraction of sp³-hybridized carbons (Fsp3) is 0.185. The van der Waals surface area contributed by atoms with Crippen molar-refractivity contribution >= 4 is 23.0 Å². The molecule has 0 saturated heterocycles.